The Morgan fingerprint density at radius 2 is 1.20 bits per heavy atom. The van der Waals surface area contributed by atoms with Gasteiger partial charge in [-0.1, -0.05) is 84.9 Å². The van der Waals surface area contributed by atoms with Crippen molar-refractivity contribution < 1.29 is 5.11 Å². The smallest absolute Gasteiger partial charge is 0.0938 e. The van der Waals surface area contributed by atoms with Crippen molar-refractivity contribution >= 4 is 10.8 Å². The molecule has 0 saturated carbocycles. The van der Waals surface area contributed by atoms with Crippen molar-refractivity contribution in [3.05, 3.63) is 90.6 Å². The van der Waals surface area contributed by atoms with E-state index >= 15 is 0 Å². The molecule has 122 valence electrons. The van der Waals surface area contributed by atoms with Gasteiger partial charge >= 0.3 is 0 Å². The number of benzene rings is 3. The number of pyridine rings is 1. The third-order valence-corrected chi connectivity index (χ3v) is 4.45. The minimum absolute atomic E-state index is 0.628. The largest absolute Gasteiger partial charge is 0.387 e. The van der Waals surface area contributed by atoms with Crippen LogP contribution < -0.4 is 0 Å². The number of hydrogen-bond acceptors (Lipinski definition) is 2. The fraction of sp³-hybridized carbons (Fsp3) is 0.0870. The lowest BCUT2D eigenvalue weighted by Crippen LogP contribution is -2.01. The summed E-state index contributed by atoms with van der Waals surface area (Å²) in [4.78, 5) is 4.90. The van der Waals surface area contributed by atoms with E-state index in [2.05, 4.69) is 30.3 Å². The molecule has 0 saturated heterocycles. The number of fused-ring (bicyclic) bond motifs is 1. The number of aromatic nitrogens is 1. The SMILES string of the molecule is CC(O)c1nc(-c2ccccc2)c(-c2ccccc2)c2ccccc12. The number of aliphatic hydroxyl groups is 1. The highest BCUT2D eigenvalue weighted by Crippen LogP contribution is 2.39. The molecule has 2 heteroatoms. The van der Waals surface area contributed by atoms with E-state index in [0.29, 0.717) is 5.69 Å². The van der Waals surface area contributed by atoms with Crippen molar-refractivity contribution in [3.63, 3.8) is 0 Å². The van der Waals surface area contributed by atoms with Crippen LogP contribution in [0.3, 0.4) is 0 Å². The number of rotatable bonds is 3. The van der Waals surface area contributed by atoms with Gasteiger partial charge in [0.2, 0.25) is 0 Å². The molecule has 0 aliphatic carbocycles. The second kappa shape index (κ2) is 6.50. The molecule has 2 nitrogen and oxygen atoms in total. The van der Waals surface area contributed by atoms with Gasteiger partial charge in [0.1, 0.15) is 0 Å². The maximum Gasteiger partial charge on any atom is 0.0938 e. The molecule has 1 unspecified atom stereocenters. The van der Waals surface area contributed by atoms with E-state index in [9.17, 15) is 5.11 Å². The zero-order valence-electron chi connectivity index (χ0n) is 14.1. The number of nitrogens with zero attached hydrogens (tertiary/aromatic N) is 1. The summed E-state index contributed by atoms with van der Waals surface area (Å²) in [6, 6.07) is 28.7. The Kier molecular flexibility index (Phi) is 4.04. The molecule has 1 atom stereocenters. The van der Waals surface area contributed by atoms with Crippen LogP contribution in [0.25, 0.3) is 33.2 Å². The maximum absolute atomic E-state index is 10.3. The first-order valence-corrected chi connectivity index (χ1v) is 8.47. The molecule has 4 rings (SSSR count). The average molecular weight is 325 g/mol. The number of aliphatic hydroxyl groups excluding tert-OH is 1. The van der Waals surface area contributed by atoms with E-state index in [1.165, 1.54) is 0 Å². The molecule has 1 aromatic heterocycles. The summed E-state index contributed by atoms with van der Waals surface area (Å²) in [6.45, 7) is 1.77. The van der Waals surface area contributed by atoms with Gasteiger partial charge in [-0.05, 0) is 17.9 Å². The fourth-order valence-corrected chi connectivity index (χ4v) is 3.31. The molecule has 0 spiro atoms. The number of hydrogen-bond donors (Lipinski definition) is 1. The van der Waals surface area contributed by atoms with Crippen molar-refractivity contribution in [3.8, 4) is 22.4 Å². The predicted molar refractivity (Wildman–Crippen MR) is 103 cm³/mol. The molecule has 3 aromatic carbocycles. The Morgan fingerprint density at radius 3 is 1.80 bits per heavy atom. The molecule has 0 aliphatic heterocycles. The summed E-state index contributed by atoms with van der Waals surface area (Å²) in [5.41, 5.74) is 4.90. The second-order valence-corrected chi connectivity index (χ2v) is 6.17. The minimum Gasteiger partial charge on any atom is -0.387 e. The molecular weight excluding hydrogens is 306 g/mol. The Labute approximate surface area is 147 Å². The maximum atomic E-state index is 10.3. The quantitative estimate of drug-likeness (QED) is 0.530. The Morgan fingerprint density at radius 1 is 0.680 bits per heavy atom. The van der Waals surface area contributed by atoms with Gasteiger partial charge in [-0.3, -0.25) is 0 Å². The van der Waals surface area contributed by atoms with Gasteiger partial charge in [-0.2, -0.15) is 0 Å². The van der Waals surface area contributed by atoms with Crippen LogP contribution >= 0.6 is 0 Å². The van der Waals surface area contributed by atoms with Crippen molar-refractivity contribution in [2.24, 2.45) is 0 Å². The zero-order chi connectivity index (χ0) is 17.2. The van der Waals surface area contributed by atoms with Crippen LogP contribution in [0.5, 0.6) is 0 Å². The van der Waals surface area contributed by atoms with Crippen LogP contribution in [0.15, 0.2) is 84.9 Å². The Bertz CT molecular complexity index is 1010. The third kappa shape index (κ3) is 2.81. The first-order valence-electron chi connectivity index (χ1n) is 8.47. The van der Waals surface area contributed by atoms with Crippen molar-refractivity contribution in [1.29, 1.82) is 0 Å². The summed E-state index contributed by atoms with van der Waals surface area (Å²) in [6.07, 6.45) is -0.628. The summed E-state index contributed by atoms with van der Waals surface area (Å²) in [5.74, 6) is 0. The van der Waals surface area contributed by atoms with Crippen LogP contribution in [0.2, 0.25) is 0 Å². The van der Waals surface area contributed by atoms with E-state index in [1.807, 2.05) is 54.6 Å². The van der Waals surface area contributed by atoms with Gasteiger partial charge in [0.05, 0.1) is 17.5 Å². The second-order valence-electron chi connectivity index (χ2n) is 6.17. The van der Waals surface area contributed by atoms with Crippen molar-refractivity contribution in [2.45, 2.75) is 13.0 Å². The molecule has 0 radical (unpaired) electrons. The summed E-state index contributed by atoms with van der Waals surface area (Å²) < 4.78 is 0. The highest BCUT2D eigenvalue weighted by Gasteiger charge is 2.18. The average Bonchev–Trinajstić information content (AvgIpc) is 2.68. The topological polar surface area (TPSA) is 33.1 Å². The molecule has 4 aromatic rings. The molecular formula is C23H19NO. The third-order valence-electron chi connectivity index (χ3n) is 4.45. The highest BCUT2D eigenvalue weighted by molar-refractivity contribution is 6.03. The molecule has 0 aliphatic rings. The molecule has 0 fully saturated rings. The van der Waals surface area contributed by atoms with E-state index in [-0.39, 0.29) is 0 Å². The van der Waals surface area contributed by atoms with Crippen LogP contribution in [-0.4, -0.2) is 10.1 Å². The van der Waals surface area contributed by atoms with E-state index in [0.717, 1.165) is 33.2 Å². The monoisotopic (exact) mass is 325 g/mol. The molecule has 25 heavy (non-hydrogen) atoms. The zero-order valence-corrected chi connectivity index (χ0v) is 14.1. The molecule has 0 amide bonds. The fourth-order valence-electron chi connectivity index (χ4n) is 3.31. The lowest BCUT2D eigenvalue weighted by atomic mass is 9.92. The first-order chi connectivity index (χ1) is 12.3. The van der Waals surface area contributed by atoms with Gasteiger partial charge in [0.15, 0.2) is 0 Å². The molecule has 1 heterocycles. The first kappa shape index (κ1) is 15.6. The van der Waals surface area contributed by atoms with Crippen LogP contribution in [0, 0.1) is 0 Å². The van der Waals surface area contributed by atoms with E-state index in [1.54, 1.807) is 6.92 Å². The van der Waals surface area contributed by atoms with E-state index in [4.69, 9.17) is 4.98 Å². The standard InChI is InChI=1S/C23H19NO/c1-16(25)22-20-15-9-8-14-19(20)21(17-10-4-2-5-11-17)23(24-22)18-12-6-3-7-13-18/h2-16,25H,1H3. The Balaban J connectivity index is 2.15. The van der Waals surface area contributed by atoms with Gasteiger partial charge in [0.25, 0.3) is 0 Å². The lowest BCUT2D eigenvalue weighted by Gasteiger charge is -2.17. The summed E-state index contributed by atoms with van der Waals surface area (Å²) >= 11 is 0. The summed E-state index contributed by atoms with van der Waals surface area (Å²) in [7, 11) is 0. The van der Waals surface area contributed by atoms with Crippen LogP contribution in [-0.2, 0) is 0 Å². The van der Waals surface area contributed by atoms with Crippen LogP contribution in [0.4, 0.5) is 0 Å². The molecule has 0 bridgehead atoms. The Hall–Kier alpha value is -2.97. The lowest BCUT2D eigenvalue weighted by molar-refractivity contribution is 0.196. The normalized spacial score (nSPS) is 12.2. The van der Waals surface area contributed by atoms with Gasteiger partial charge < -0.3 is 5.11 Å². The summed E-state index contributed by atoms with van der Waals surface area (Å²) in [5, 5.41) is 12.4. The van der Waals surface area contributed by atoms with Crippen molar-refractivity contribution in [2.75, 3.05) is 0 Å². The molecule has 1 N–H and O–H groups in total. The predicted octanol–water partition coefficient (Wildman–Crippen LogP) is 5.62. The van der Waals surface area contributed by atoms with Crippen LogP contribution in [0.1, 0.15) is 18.7 Å². The van der Waals surface area contributed by atoms with Gasteiger partial charge in [-0.25, -0.2) is 4.98 Å². The van der Waals surface area contributed by atoms with Gasteiger partial charge in [0, 0.05) is 16.5 Å². The van der Waals surface area contributed by atoms with E-state index < -0.39 is 6.10 Å². The minimum atomic E-state index is -0.628. The highest BCUT2D eigenvalue weighted by atomic mass is 16.3. The van der Waals surface area contributed by atoms with Gasteiger partial charge in [-0.15, -0.1) is 0 Å². The van der Waals surface area contributed by atoms with Crippen molar-refractivity contribution in [1.82, 2.24) is 4.98 Å².